The fourth-order valence-corrected chi connectivity index (χ4v) is 4.10. The summed E-state index contributed by atoms with van der Waals surface area (Å²) in [5.74, 6) is -1.44. The maximum absolute atomic E-state index is 13.2. The van der Waals surface area contributed by atoms with E-state index in [4.69, 9.17) is 4.42 Å². The normalized spacial score (nSPS) is 12.5. The van der Waals surface area contributed by atoms with E-state index in [1.54, 1.807) is 6.92 Å². The molecule has 1 aromatic heterocycles. The lowest BCUT2D eigenvalue weighted by molar-refractivity contribution is 0.0921. The van der Waals surface area contributed by atoms with Crippen LogP contribution in [0, 0.1) is 5.92 Å². The van der Waals surface area contributed by atoms with Crippen molar-refractivity contribution in [2.75, 3.05) is 0 Å². The molecular formula is C30H34O5. The smallest absolute Gasteiger partial charge is 0.336 e. The second-order valence-electron chi connectivity index (χ2n) is 9.35. The van der Waals surface area contributed by atoms with E-state index in [2.05, 4.69) is 19.9 Å². The molecule has 0 bridgehead atoms. The molecule has 0 spiro atoms. The first-order chi connectivity index (χ1) is 16.6. The molecule has 0 fully saturated rings. The van der Waals surface area contributed by atoms with Crippen molar-refractivity contribution in [2.24, 2.45) is 5.92 Å². The lowest BCUT2D eigenvalue weighted by Crippen LogP contribution is -2.12. The number of hydrogen-bond acceptors (Lipinski definition) is 5. The third-order valence-corrected chi connectivity index (χ3v) is 6.37. The van der Waals surface area contributed by atoms with Crippen molar-refractivity contribution in [2.45, 2.75) is 60.3 Å². The zero-order valence-corrected chi connectivity index (χ0v) is 21.1. The number of carbonyl (C=O) groups excluding carboxylic acids is 1. The van der Waals surface area contributed by atoms with Gasteiger partial charge in [-0.3, -0.25) is 4.79 Å². The van der Waals surface area contributed by atoms with Crippen LogP contribution in [0.25, 0.3) is 22.1 Å². The average molecular weight is 475 g/mol. The Morgan fingerprint density at radius 1 is 1.06 bits per heavy atom. The largest absolute Gasteiger partial charge is 0.507 e. The van der Waals surface area contributed by atoms with E-state index in [0.717, 1.165) is 18.4 Å². The van der Waals surface area contributed by atoms with Crippen LogP contribution >= 0.6 is 0 Å². The zero-order chi connectivity index (χ0) is 25.7. The molecule has 2 N–H and O–H groups in total. The summed E-state index contributed by atoms with van der Waals surface area (Å²) in [7, 11) is 0. The highest BCUT2D eigenvalue weighted by molar-refractivity contribution is 6.11. The Hall–Kier alpha value is -3.60. The molecule has 0 aliphatic rings. The van der Waals surface area contributed by atoms with Crippen molar-refractivity contribution in [1.29, 1.82) is 0 Å². The standard InChI is InChI=1S/C30H34O5/c1-6-20(5)27(32)26-28(33)22(16-15-19(4)12-10-11-18(2)3)30-25(29(26)34)23(17-24(31)35-30)21-13-8-7-9-14-21/h7-9,11,13-15,17,20,33-34H,6,10,12,16H2,1-5H3/b19-15+. The molecule has 3 rings (SSSR count). The Morgan fingerprint density at radius 3 is 2.37 bits per heavy atom. The third kappa shape index (κ3) is 5.73. The molecule has 0 saturated heterocycles. The molecule has 35 heavy (non-hydrogen) atoms. The van der Waals surface area contributed by atoms with Gasteiger partial charge in [-0.15, -0.1) is 0 Å². The number of hydrogen-bond donors (Lipinski definition) is 2. The number of benzene rings is 2. The number of phenols is 2. The Balaban J connectivity index is 2.29. The second-order valence-corrected chi connectivity index (χ2v) is 9.35. The number of aromatic hydroxyl groups is 2. The number of ketones is 1. The quantitative estimate of drug-likeness (QED) is 0.192. The Bertz CT molecular complexity index is 1340. The molecule has 0 amide bonds. The first kappa shape index (κ1) is 26.0. The summed E-state index contributed by atoms with van der Waals surface area (Å²) in [6, 6.07) is 10.5. The van der Waals surface area contributed by atoms with E-state index < -0.39 is 11.5 Å². The fraction of sp³-hybridized carbons (Fsp3) is 0.333. The molecule has 1 unspecified atom stereocenters. The molecule has 3 aromatic rings. The van der Waals surface area contributed by atoms with Gasteiger partial charge in [-0.25, -0.2) is 4.79 Å². The summed E-state index contributed by atoms with van der Waals surface area (Å²) in [6.07, 6.45) is 6.70. The third-order valence-electron chi connectivity index (χ3n) is 6.37. The van der Waals surface area contributed by atoms with Crippen LogP contribution in [0.15, 0.2) is 68.9 Å². The summed E-state index contributed by atoms with van der Waals surface area (Å²) < 4.78 is 5.56. The van der Waals surface area contributed by atoms with E-state index >= 15 is 0 Å². The highest BCUT2D eigenvalue weighted by atomic mass is 16.4. The maximum Gasteiger partial charge on any atom is 0.336 e. The zero-order valence-electron chi connectivity index (χ0n) is 21.1. The molecular weight excluding hydrogens is 440 g/mol. The molecule has 1 heterocycles. The van der Waals surface area contributed by atoms with Gasteiger partial charge in [-0.05, 0) is 52.0 Å². The lowest BCUT2D eigenvalue weighted by Gasteiger charge is -2.18. The van der Waals surface area contributed by atoms with Crippen LogP contribution in [-0.2, 0) is 6.42 Å². The van der Waals surface area contributed by atoms with E-state index in [0.29, 0.717) is 23.1 Å². The summed E-state index contributed by atoms with van der Waals surface area (Å²) in [5, 5.41) is 22.8. The van der Waals surface area contributed by atoms with Gasteiger partial charge >= 0.3 is 5.63 Å². The van der Waals surface area contributed by atoms with E-state index in [1.165, 1.54) is 11.6 Å². The van der Waals surface area contributed by atoms with Gasteiger partial charge in [0, 0.05) is 23.1 Å². The van der Waals surface area contributed by atoms with Crippen LogP contribution in [0.1, 0.15) is 69.8 Å². The van der Waals surface area contributed by atoms with Gasteiger partial charge in [0.2, 0.25) is 0 Å². The molecule has 1 atom stereocenters. The lowest BCUT2D eigenvalue weighted by atomic mass is 9.89. The summed E-state index contributed by atoms with van der Waals surface area (Å²) >= 11 is 0. The highest BCUT2D eigenvalue weighted by Crippen LogP contribution is 2.44. The predicted octanol–water partition coefficient (Wildman–Crippen LogP) is 7.34. The Kier molecular flexibility index (Phi) is 8.34. The molecule has 5 nitrogen and oxygen atoms in total. The van der Waals surface area contributed by atoms with Crippen LogP contribution < -0.4 is 5.63 Å². The minimum atomic E-state index is -0.596. The fourth-order valence-electron chi connectivity index (χ4n) is 4.10. The summed E-state index contributed by atoms with van der Waals surface area (Å²) in [6.45, 7) is 9.77. The monoisotopic (exact) mass is 474 g/mol. The minimum Gasteiger partial charge on any atom is -0.507 e. The van der Waals surface area contributed by atoms with Crippen molar-refractivity contribution in [3.8, 4) is 22.6 Å². The van der Waals surface area contributed by atoms with Crippen LogP contribution in [-0.4, -0.2) is 16.0 Å². The van der Waals surface area contributed by atoms with Crippen LogP contribution in [0.4, 0.5) is 0 Å². The minimum absolute atomic E-state index is 0.0976. The number of allylic oxidation sites excluding steroid dienone is 4. The van der Waals surface area contributed by atoms with E-state index in [9.17, 15) is 19.8 Å². The van der Waals surface area contributed by atoms with Crippen molar-refractivity contribution in [3.05, 3.63) is 81.2 Å². The van der Waals surface area contributed by atoms with Gasteiger partial charge in [-0.1, -0.05) is 67.5 Å². The van der Waals surface area contributed by atoms with Crippen molar-refractivity contribution in [3.63, 3.8) is 0 Å². The Morgan fingerprint density at radius 2 is 1.74 bits per heavy atom. The molecule has 0 aliphatic heterocycles. The Labute approximate surface area is 206 Å². The van der Waals surface area contributed by atoms with Gasteiger partial charge < -0.3 is 14.6 Å². The molecule has 2 aromatic carbocycles. The van der Waals surface area contributed by atoms with Crippen molar-refractivity contribution >= 4 is 16.8 Å². The van der Waals surface area contributed by atoms with E-state index in [-0.39, 0.29) is 40.2 Å². The number of Topliss-reactive ketones (excluding diaryl/α,β-unsaturated/α-hetero) is 1. The van der Waals surface area contributed by atoms with Gasteiger partial charge in [0.25, 0.3) is 0 Å². The number of phenolic OH excluding ortho intramolecular Hbond substituents is 2. The van der Waals surface area contributed by atoms with Crippen molar-refractivity contribution in [1.82, 2.24) is 0 Å². The number of carbonyl (C=O) groups is 1. The first-order valence-electron chi connectivity index (χ1n) is 12.1. The molecule has 0 saturated carbocycles. The molecule has 184 valence electrons. The summed E-state index contributed by atoms with van der Waals surface area (Å²) in [5.41, 5.74) is 3.22. The van der Waals surface area contributed by atoms with Crippen LogP contribution in [0.2, 0.25) is 0 Å². The predicted molar refractivity (Wildman–Crippen MR) is 141 cm³/mol. The highest BCUT2D eigenvalue weighted by Gasteiger charge is 2.29. The van der Waals surface area contributed by atoms with Gasteiger partial charge in [-0.2, -0.15) is 0 Å². The SMILES string of the molecule is CCC(C)C(=O)c1c(O)c(C/C=C(\C)CCC=C(C)C)c2oc(=O)cc(-c3ccccc3)c2c1O. The van der Waals surface area contributed by atoms with Crippen LogP contribution in [0.5, 0.6) is 11.5 Å². The van der Waals surface area contributed by atoms with Gasteiger partial charge in [0.1, 0.15) is 22.6 Å². The second kappa shape index (κ2) is 11.2. The van der Waals surface area contributed by atoms with Crippen molar-refractivity contribution < 1.29 is 19.4 Å². The molecule has 5 heteroatoms. The number of rotatable bonds is 9. The molecule has 0 radical (unpaired) electrons. The topological polar surface area (TPSA) is 87.7 Å². The van der Waals surface area contributed by atoms with Gasteiger partial charge in [0.15, 0.2) is 5.78 Å². The molecule has 0 aliphatic carbocycles. The van der Waals surface area contributed by atoms with Gasteiger partial charge in [0.05, 0.1) is 5.39 Å². The average Bonchev–Trinajstić information content (AvgIpc) is 2.83. The first-order valence-corrected chi connectivity index (χ1v) is 12.1. The van der Waals surface area contributed by atoms with Crippen LogP contribution in [0.3, 0.4) is 0 Å². The maximum atomic E-state index is 13.2. The van der Waals surface area contributed by atoms with E-state index in [1.807, 2.05) is 50.3 Å². The summed E-state index contributed by atoms with van der Waals surface area (Å²) in [4.78, 5) is 25.8. The number of fused-ring (bicyclic) bond motifs is 1.